The quantitative estimate of drug-likeness (QED) is 0.603. The fourth-order valence-electron chi connectivity index (χ4n) is 2.06. The van der Waals surface area contributed by atoms with Crippen molar-refractivity contribution in [1.82, 2.24) is 9.97 Å². The van der Waals surface area contributed by atoms with E-state index < -0.39 is 20.0 Å². The molecule has 2 heterocycles. The van der Waals surface area contributed by atoms with Crippen molar-refractivity contribution in [2.45, 2.75) is 16.0 Å². The Kier molecular flexibility index (Phi) is 5.38. The maximum absolute atomic E-state index is 12.4. The molecule has 0 spiro atoms. The number of nitrogens with one attached hydrogen (secondary N) is 2. The number of thiophene rings is 1. The van der Waals surface area contributed by atoms with Crippen LogP contribution in [-0.4, -0.2) is 26.8 Å². The van der Waals surface area contributed by atoms with E-state index in [1.165, 1.54) is 48.7 Å². The molecule has 0 aliphatic heterocycles. The first-order valence-electron chi connectivity index (χ1n) is 7.36. The average molecular weight is 445 g/mol. The van der Waals surface area contributed by atoms with Crippen molar-refractivity contribution in [2.24, 2.45) is 0 Å². The van der Waals surface area contributed by atoms with Gasteiger partial charge in [-0.2, -0.15) is 0 Å². The van der Waals surface area contributed by atoms with Gasteiger partial charge in [0, 0.05) is 11.9 Å². The molecular formula is C15H13ClN4O4S3. The highest BCUT2D eigenvalue weighted by Gasteiger charge is 2.18. The van der Waals surface area contributed by atoms with Crippen molar-refractivity contribution in [3.8, 4) is 0 Å². The zero-order valence-electron chi connectivity index (χ0n) is 13.7. The molecule has 0 amide bonds. The molecule has 2 N–H and O–H groups in total. The summed E-state index contributed by atoms with van der Waals surface area (Å²) in [5.74, 6) is 0.565. The lowest BCUT2D eigenvalue weighted by Gasteiger charge is -2.09. The van der Waals surface area contributed by atoms with Gasteiger partial charge in [-0.3, -0.25) is 9.44 Å². The molecule has 0 radical (unpaired) electrons. The van der Waals surface area contributed by atoms with Crippen LogP contribution in [0.1, 0.15) is 5.82 Å². The molecule has 3 aromatic rings. The molecule has 0 aliphatic carbocycles. The molecule has 0 fully saturated rings. The first kappa shape index (κ1) is 19.5. The van der Waals surface area contributed by atoms with Crippen molar-refractivity contribution in [3.63, 3.8) is 0 Å². The predicted octanol–water partition coefficient (Wildman–Crippen LogP) is 3.10. The molecule has 142 valence electrons. The molecule has 12 heteroatoms. The molecule has 0 atom stereocenters. The SMILES string of the molecule is Cc1nccc(NS(=O)(=O)c2ccc(NS(=O)(=O)c3ccc(Cl)s3)cc2)n1. The lowest BCUT2D eigenvalue weighted by atomic mass is 10.3. The van der Waals surface area contributed by atoms with Gasteiger partial charge in [-0.1, -0.05) is 11.6 Å². The Morgan fingerprint density at radius 2 is 1.63 bits per heavy atom. The van der Waals surface area contributed by atoms with Crippen LogP contribution >= 0.6 is 22.9 Å². The molecule has 0 saturated carbocycles. The van der Waals surface area contributed by atoms with Crippen LogP contribution in [0.2, 0.25) is 4.34 Å². The van der Waals surface area contributed by atoms with Gasteiger partial charge in [-0.15, -0.1) is 11.3 Å². The van der Waals surface area contributed by atoms with Gasteiger partial charge in [0.15, 0.2) is 0 Å². The fourth-order valence-corrected chi connectivity index (χ4v) is 5.60. The van der Waals surface area contributed by atoms with Crippen LogP contribution in [0.25, 0.3) is 0 Å². The normalized spacial score (nSPS) is 11.9. The van der Waals surface area contributed by atoms with Crippen LogP contribution < -0.4 is 9.44 Å². The molecule has 0 unspecified atom stereocenters. The van der Waals surface area contributed by atoms with E-state index in [4.69, 9.17) is 11.6 Å². The van der Waals surface area contributed by atoms with Gasteiger partial charge < -0.3 is 0 Å². The number of aromatic nitrogens is 2. The molecule has 27 heavy (non-hydrogen) atoms. The summed E-state index contributed by atoms with van der Waals surface area (Å²) >= 11 is 6.68. The van der Waals surface area contributed by atoms with Gasteiger partial charge in [0.1, 0.15) is 15.9 Å². The first-order chi connectivity index (χ1) is 12.7. The number of aryl methyl sites for hydroxylation is 1. The third-order valence-electron chi connectivity index (χ3n) is 3.25. The Labute approximate surface area is 165 Å². The van der Waals surface area contributed by atoms with Crippen molar-refractivity contribution >= 4 is 54.5 Å². The minimum Gasteiger partial charge on any atom is -0.279 e. The van der Waals surface area contributed by atoms with Gasteiger partial charge in [-0.05, 0) is 49.4 Å². The largest absolute Gasteiger partial charge is 0.279 e. The molecular weight excluding hydrogens is 432 g/mol. The van der Waals surface area contributed by atoms with Crippen LogP contribution in [0, 0.1) is 6.92 Å². The Hall–Kier alpha value is -2.21. The third kappa shape index (κ3) is 4.75. The van der Waals surface area contributed by atoms with Crippen LogP contribution in [0.3, 0.4) is 0 Å². The van der Waals surface area contributed by atoms with E-state index in [9.17, 15) is 16.8 Å². The number of nitrogens with zero attached hydrogens (tertiary/aromatic N) is 2. The molecule has 0 aliphatic rings. The standard InChI is InChI=1S/C15H13ClN4O4S3/c1-10-17-9-8-14(18-10)20-26(21,22)12-4-2-11(3-5-12)19-27(23,24)15-7-6-13(16)25-15/h2-9,19H,1H3,(H,17,18,20). The molecule has 3 rings (SSSR count). The maximum Gasteiger partial charge on any atom is 0.271 e. The molecule has 0 saturated heterocycles. The summed E-state index contributed by atoms with van der Waals surface area (Å²) < 4.78 is 54.5. The van der Waals surface area contributed by atoms with Crippen molar-refractivity contribution in [1.29, 1.82) is 0 Å². The number of hydrogen-bond acceptors (Lipinski definition) is 7. The van der Waals surface area contributed by atoms with E-state index in [1.807, 2.05) is 0 Å². The second kappa shape index (κ2) is 7.43. The zero-order valence-corrected chi connectivity index (χ0v) is 17.0. The zero-order chi connectivity index (χ0) is 19.7. The van der Waals surface area contributed by atoms with Gasteiger partial charge in [-0.25, -0.2) is 26.8 Å². The van der Waals surface area contributed by atoms with Gasteiger partial charge in [0.25, 0.3) is 20.0 Å². The summed E-state index contributed by atoms with van der Waals surface area (Å²) in [5.41, 5.74) is 0.219. The Bertz CT molecular complexity index is 1180. The lowest BCUT2D eigenvalue weighted by Crippen LogP contribution is -2.15. The number of rotatable bonds is 6. The number of sulfonamides is 2. The highest BCUT2D eigenvalue weighted by Crippen LogP contribution is 2.27. The van der Waals surface area contributed by atoms with E-state index in [0.717, 1.165) is 11.3 Å². The summed E-state index contributed by atoms with van der Waals surface area (Å²) in [7, 11) is -7.66. The summed E-state index contributed by atoms with van der Waals surface area (Å²) in [6.45, 7) is 1.64. The summed E-state index contributed by atoms with van der Waals surface area (Å²) in [4.78, 5) is 7.84. The van der Waals surface area contributed by atoms with Gasteiger partial charge >= 0.3 is 0 Å². The van der Waals surface area contributed by atoms with Crippen LogP contribution in [-0.2, 0) is 20.0 Å². The minimum absolute atomic E-state index is 0.0409. The third-order valence-corrected chi connectivity index (χ3v) is 7.72. The van der Waals surface area contributed by atoms with E-state index in [0.29, 0.717) is 10.2 Å². The fraction of sp³-hybridized carbons (Fsp3) is 0.0667. The molecule has 2 aromatic heterocycles. The molecule has 8 nitrogen and oxygen atoms in total. The van der Waals surface area contributed by atoms with E-state index in [2.05, 4.69) is 19.4 Å². The minimum atomic E-state index is -3.87. The Morgan fingerprint density at radius 1 is 0.926 bits per heavy atom. The van der Waals surface area contributed by atoms with Crippen LogP contribution in [0.15, 0.2) is 57.8 Å². The molecule has 1 aromatic carbocycles. The van der Waals surface area contributed by atoms with E-state index in [1.54, 1.807) is 6.92 Å². The maximum atomic E-state index is 12.4. The predicted molar refractivity (Wildman–Crippen MR) is 104 cm³/mol. The van der Waals surface area contributed by atoms with Crippen molar-refractivity contribution < 1.29 is 16.8 Å². The van der Waals surface area contributed by atoms with Crippen molar-refractivity contribution in [2.75, 3.05) is 9.44 Å². The van der Waals surface area contributed by atoms with E-state index >= 15 is 0 Å². The van der Waals surface area contributed by atoms with Crippen molar-refractivity contribution in [3.05, 3.63) is 58.8 Å². The lowest BCUT2D eigenvalue weighted by molar-refractivity contribution is 0.600. The number of benzene rings is 1. The van der Waals surface area contributed by atoms with Gasteiger partial charge in [0.05, 0.1) is 9.23 Å². The highest BCUT2D eigenvalue weighted by atomic mass is 35.5. The summed E-state index contributed by atoms with van der Waals surface area (Å²) in [6, 6.07) is 9.59. The Morgan fingerprint density at radius 3 is 2.22 bits per heavy atom. The first-order valence-corrected chi connectivity index (χ1v) is 11.5. The summed E-state index contributed by atoms with van der Waals surface area (Å²) in [6.07, 6.45) is 1.44. The second-order valence-electron chi connectivity index (χ2n) is 5.28. The van der Waals surface area contributed by atoms with E-state index in [-0.39, 0.29) is 20.6 Å². The topological polar surface area (TPSA) is 118 Å². The summed E-state index contributed by atoms with van der Waals surface area (Å²) in [5, 5.41) is 0. The number of anilines is 2. The van der Waals surface area contributed by atoms with Crippen LogP contribution in [0.5, 0.6) is 0 Å². The number of hydrogen-bond donors (Lipinski definition) is 2. The second-order valence-corrected chi connectivity index (χ2v) is 10.6. The smallest absolute Gasteiger partial charge is 0.271 e. The average Bonchev–Trinajstić information content (AvgIpc) is 3.02. The Balaban J connectivity index is 1.78. The highest BCUT2D eigenvalue weighted by molar-refractivity contribution is 7.94. The molecule has 0 bridgehead atoms. The van der Waals surface area contributed by atoms with Gasteiger partial charge in [0.2, 0.25) is 0 Å². The number of halogens is 1. The monoisotopic (exact) mass is 444 g/mol. The van der Waals surface area contributed by atoms with Crippen LogP contribution in [0.4, 0.5) is 11.5 Å².